The fraction of sp³-hybridized carbons (Fsp3) is 0.364. The van der Waals surface area contributed by atoms with Gasteiger partial charge in [-0.05, 0) is 49.1 Å². The Hall–Kier alpha value is -2.82. The molecule has 0 radical (unpaired) electrons. The number of aryl methyl sites for hydroxylation is 1. The van der Waals surface area contributed by atoms with Crippen LogP contribution in [0.25, 0.3) is 0 Å². The molecular formula is C22H25N3O2. The van der Waals surface area contributed by atoms with Crippen molar-refractivity contribution in [3.8, 4) is 0 Å². The Morgan fingerprint density at radius 3 is 2.70 bits per heavy atom. The fourth-order valence-corrected chi connectivity index (χ4v) is 4.06. The number of amides is 2. The minimum Gasteiger partial charge on any atom is -0.371 e. The van der Waals surface area contributed by atoms with Crippen molar-refractivity contribution in [3.63, 3.8) is 0 Å². The molecule has 5 heteroatoms. The van der Waals surface area contributed by atoms with Crippen LogP contribution in [0.1, 0.15) is 46.8 Å². The number of piperidine rings is 1. The lowest BCUT2D eigenvalue weighted by molar-refractivity contribution is -0.122. The molecular weight excluding hydrogens is 338 g/mol. The third-order valence-electron chi connectivity index (χ3n) is 5.50. The normalized spacial score (nSPS) is 19.5. The zero-order valence-corrected chi connectivity index (χ0v) is 15.6. The van der Waals surface area contributed by atoms with E-state index in [1.807, 2.05) is 24.3 Å². The van der Waals surface area contributed by atoms with Crippen molar-refractivity contribution in [1.29, 1.82) is 0 Å². The average Bonchev–Trinajstić information content (AvgIpc) is 2.98. The van der Waals surface area contributed by atoms with E-state index < -0.39 is 0 Å². The highest BCUT2D eigenvalue weighted by molar-refractivity contribution is 5.99. The lowest BCUT2D eigenvalue weighted by Crippen LogP contribution is -2.45. The monoisotopic (exact) mass is 363 g/mol. The number of benzene rings is 2. The Kier molecular flexibility index (Phi) is 4.84. The summed E-state index contributed by atoms with van der Waals surface area (Å²) in [5.41, 5.74) is 4.13. The van der Waals surface area contributed by atoms with Gasteiger partial charge in [-0.2, -0.15) is 0 Å². The van der Waals surface area contributed by atoms with Gasteiger partial charge < -0.3 is 15.5 Å². The summed E-state index contributed by atoms with van der Waals surface area (Å²) < 4.78 is 0. The van der Waals surface area contributed by atoms with Crippen molar-refractivity contribution < 1.29 is 9.59 Å². The topological polar surface area (TPSA) is 61.4 Å². The molecule has 2 aliphatic heterocycles. The molecule has 5 nitrogen and oxygen atoms in total. The minimum absolute atomic E-state index is 0.00556. The third-order valence-corrected chi connectivity index (χ3v) is 5.50. The fourth-order valence-electron chi connectivity index (χ4n) is 4.06. The van der Waals surface area contributed by atoms with Crippen molar-refractivity contribution in [2.24, 2.45) is 0 Å². The van der Waals surface area contributed by atoms with Crippen LogP contribution in [0.3, 0.4) is 0 Å². The molecule has 0 saturated carbocycles. The van der Waals surface area contributed by atoms with Crippen molar-refractivity contribution in [3.05, 3.63) is 65.2 Å². The largest absolute Gasteiger partial charge is 0.371 e. The Balaban J connectivity index is 1.30. The van der Waals surface area contributed by atoms with Crippen LogP contribution in [-0.2, 0) is 4.79 Å². The first-order valence-electron chi connectivity index (χ1n) is 9.61. The first kappa shape index (κ1) is 17.6. The van der Waals surface area contributed by atoms with Crippen molar-refractivity contribution in [1.82, 2.24) is 10.6 Å². The zero-order chi connectivity index (χ0) is 18.8. The van der Waals surface area contributed by atoms with Gasteiger partial charge in [-0.25, -0.2) is 0 Å². The molecule has 2 heterocycles. The van der Waals surface area contributed by atoms with E-state index in [1.165, 1.54) is 11.3 Å². The zero-order valence-electron chi connectivity index (χ0n) is 15.6. The Bertz CT molecular complexity index is 856. The molecule has 0 aliphatic carbocycles. The highest BCUT2D eigenvalue weighted by Crippen LogP contribution is 2.27. The molecule has 2 aromatic carbocycles. The van der Waals surface area contributed by atoms with Crippen LogP contribution in [0.2, 0.25) is 0 Å². The first-order valence-corrected chi connectivity index (χ1v) is 9.61. The quantitative estimate of drug-likeness (QED) is 0.878. The molecule has 2 amide bonds. The van der Waals surface area contributed by atoms with Gasteiger partial charge in [-0.1, -0.05) is 30.3 Å². The standard InChI is InChI=1S/C22H25N3O2/c1-15-5-4-6-17(13-15)25-11-9-16(10-12-25)23-21(26)14-20-18-7-2-3-8-19(18)22(27)24-20/h2-8,13,16,20H,9-12,14H2,1H3,(H,23,26)(H,24,27)/t20-/m0/s1. The number of carbonyl (C=O) groups excluding carboxylic acids is 2. The van der Waals surface area contributed by atoms with E-state index in [4.69, 9.17) is 0 Å². The molecule has 1 atom stereocenters. The second-order valence-corrected chi connectivity index (χ2v) is 7.49. The third kappa shape index (κ3) is 3.82. The summed E-state index contributed by atoms with van der Waals surface area (Å²) in [7, 11) is 0. The number of rotatable bonds is 4. The molecule has 27 heavy (non-hydrogen) atoms. The summed E-state index contributed by atoms with van der Waals surface area (Å²) in [5, 5.41) is 6.07. The van der Waals surface area contributed by atoms with Gasteiger partial charge in [-0.15, -0.1) is 0 Å². The van der Waals surface area contributed by atoms with E-state index in [2.05, 4.69) is 46.7 Å². The average molecular weight is 363 g/mol. The van der Waals surface area contributed by atoms with Crippen LogP contribution in [-0.4, -0.2) is 30.9 Å². The number of anilines is 1. The summed E-state index contributed by atoms with van der Waals surface area (Å²) >= 11 is 0. The molecule has 2 aromatic rings. The SMILES string of the molecule is Cc1cccc(N2CCC(NC(=O)C[C@@H]3NC(=O)c4ccccc43)CC2)c1. The van der Waals surface area contributed by atoms with Gasteiger partial charge in [-0.3, -0.25) is 9.59 Å². The van der Waals surface area contributed by atoms with E-state index in [-0.39, 0.29) is 23.9 Å². The summed E-state index contributed by atoms with van der Waals surface area (Å²) in [6.45, 7) is 3.99. The molecule has 4 rings (SSSR count). The molecule has 0 aromatic heterocycles. The van der Waals surface area contributed by atoms with Gasteiger partial charge in [0.05, 0.1) is 12.5 Å². The molecule has 0 unspecified atom stereocenters. The molecule has 1 saturated heterocycles. The number of nitrogens with one attached hydrogen (secondary N) is 2. The van der Waals surface area contributed by atoms with Gasteiger partial charge in [0.25, 0.3) is 5.91 Å². The van der Waals surface area contributed by atoms with Crippen LogP contribution in [0, 0.1) is 6.92 Å². The van der Waals surface area contributed by atoms with Crippen molar-refractivity contribution in [2.45, 2.75) is 38.3 Å². The van der Waals surface area contributed by atoms with E-state index in [0.717, 1.165) is 31.5 Å². The van der Waals surface area contributed by atoms with Gasteiger partial charge in [0.15, 0.2) is 0 Å². The Morgan fingerprint density at radius 2 is 1.93 bits per heavy atom. The molecule has 2 aliphatic rings. The van der Waals surface area contributed by atoms with Gasteiger partial charge in [0.1, 0.15) is 0 Å². The van der Waals surface area contributed by atoms with Gasteiger partial charge >= 0.3 is 0 Å². The lowest BCUT2D eigenvalue weighted by atomic mass is 10.0. The smallest absolute Gasteiger partial charge is 0.252 e. The van der Waals surface area contributed by atoms with E-state index in [0.29, 0.717) is 12.0 Å². The summed E-state index contributed by atoms with van der Waals surface area (Å²) in [5.74, 6) is -0.0825. The van der Waals surface area contributed by atoms with Crippen molar-refractivity contribution >= 4 is 17.5 Å². The second kappa shape index (κ2) is 7.43. The number of nitrogens with zero attached hydrogens (tertiary/aromatic N) is 1. The molecule has 140 valence electrons. The predicted octanol–water partition coefficient (Wildman–Crippen LogP) is 2.95. The Morgan fingerprint density at radius 1 is 1.15 bits per heavy atom. The van der Waals surface area contributed by atoms with Crippen LogP contribution < -0.4 is 15.5 Å². The number of hydrogen-bond donors (Lipinski definition) is 2. The Labute approximate surface area is 159 Å². The number of carbonyl (C=O) groups is 2. The molecule has 0 bridgehead atoms. The van der Waals surface area contributed by atoms with E-state index in [9.17, 15) is 9.59 Å². The first-order chi connectivity index (χ1) is 13.1. The second-order valence-electron chi connectivity index (χ2n) is 7.49. The van der Waals surface area contributed by atoms with Crippen LogP contribution in [0.5, 0.6) is 0 Å². The van der Waals surface area contributed by atoms with E-state index in [1.54, 1.807) is 0 Å². The summed E-state index contributed by atoms with van der Waals surface area (Å²) in [4.78, 5) is 26.9. The number of hydrogen-bond acceptors (Lipinski definition) is 3. The molecule has 2 N–H and O–H groups in total. The molecule has 0 spiro atoms. The minimum atomic E-state index is -0.221. The van der Waals surface area contributed by atoms with E-state index >= 15 is 0 Å². The van der Waals surface area contributed by atoms with Gasteiger partial charge in [0, 0.05) is 30.4 Å². The summed E-state index contributed by atoms with van der Waals surface area (Å²) in [6, 6.07) is 16.0. The maximum Gasteiger partial charge on any atom is 0.252 e. The van der Waals surface area contributed by atoms with Crippen LogP contribution in [0.4, 0.5) is 5.69 Å². The molecule has 1 fully saturated rings. The lowest BCUT2D eigenvalue weighted by Gasteiger charge is -2.34. The maximum absolute atomic E-state index is 12.5. The van der Waals surface area contributed by atoms with Crippen molar-refractivity contribution in [2.75, 3.05) is 18.0 Å². The van der Waals surface area contributed by atoms with Crippen LogP contribution >= 0.6 is 0 Å². The van der Waals surface area contributed by atoms with Crippen LogP contribution in [0.15, 0.2) is 48.5 Å². The highest BCUT2D eigenvalue weighted by Gasteiger charge is 2.30. The maximum atomic E-state index is 12.5. The van der Waals surface area contributed by atoms with Gasteiger partial charge in [0.2, 0.25) is 5.91 Å². The summed E-state index contributed by atoms with van der Waals surface area (Å²) in [6.07, 6.45) is 2.17. The highest BCUT2D eigenvalue weighted by atomic mass is 16.2. The number of fused-ring (bicyclic) bond motifs is 1. The predicted molar refractivity (Wildman–Crippen MR) is 106 cm³/mol.